The number of aromatic nitrogens is 2. The molecule has 1 saturated heterocycles. The van der Waals surface area contributed by atoms with Crippen molar-refractivity contribution in [2.75, 3.05) is 13.1 Å². The number of carboxylic acid groups (broad SMARTS) is 1. The van der Waals surface area contributed by atoms with Crippen LogP contribution in [0.1, 0.15) is 49.5 Å². The highest BCUT2D eigenvalue weighted by atomic mass is 35.5. The van der Waals surface area contributed by atoms with Crippen LogP contribution in [0.3, 0.4) is 0 Å². The van der Waals surface area contributed by atoms with E-state index < -0.39 is 34.2 Å². The minimum Gasteiger partial charge on any atom is -0.478 e. The van der Waals surface area contributed by atoms with E-state index in [2.05, 4.69) is 5.10 Å². The zero-order valence-corrected chi connectivity index (χ0v) is 20.4. The number of amides is 1. The first-order valence-electron chi connectivity index (χ1n) is 11.6. The molecule has 2 heterocycles. The number of benzene rings is 3. The Hall–Kier alpha value is -4.18. The lowest BCUT2D eigenvalue weighted by atomic mass is 10.0. The van der Waals surface area contributed by atoms with Crippen molar-refractivity contribution in [3.05, 3.63) is 87.9 Å². The topological polar surface area (TPSA) is 92.5 Å². The number of aromatic carboxylic acids is 1. The Morgan fingerprint density at radius 1 is 0.895 bits per heavy atom. The van der Waals surface area contributed by atoms with Gasteiger partial charge in [0.15, 0.2) is 0 Å². The average molecular weight is 542 g/mol. The molecule has 194 valence electrons. The lowest BCUT2D eigenvalue weighted by molar-refractivity contribution is -0.137. The van der Waals surface area contributed by atoms with E-state index in [9.17, 15) is 32.7 Å². The molecule has 38 heavy (non-hydrogen) atoms. The minimum atomic E-state index is -4.86. The Bertz CT molecular complexity index is 1590. The van der Waals surface area contributed by atoms with E-state index in [-0.39, 0.29) is 28.2 Å². The maximum Gasteiger partial charge on any atom is 0.417 e. The van der Waals surface area contributed by atoms with Gasteiger partial charge in [-0.25, -0.2) is 4.79 Å². The molecule has 0 saturated carbocycles. The van der Waals surface area contributed by atoms with Crippen LogP contribution < -0.4 is 0 Å². The molecule has 1 aliphatic rings. The summed E-state index contributed by atoms with van der Waals surface area (Å²) in [6.07, 6.45) is -3.12. The maximum atomic E-state index is 13.8. The van der Waals surface area contributed by atoms with Crippen LogP contribution in [-0.4, -0.2) is 50.7 Å². The Labute approximate surface area is 219 Å². The van der Waals surface area contributed by atoms with Gasteiger partial charge in [0.1, 0.15) is 5.69 Å². The Morgan fingerprint density at radius 2 is 1.55 bits per heavy atom. The summed E-state index contributed by atoms with van der Waals surface area (Å²) >= 11 is 6.09. The quantitative estimate of drug-likeness (QED) is 0.342. The summed E-state index contributed by atoms with van der Waals surface area (Å²) in [5.74, 6) is -2.51. The summed E-state index contributed by atoms with van der Waals surface area (Å²) in [6.45, 7) is 1.18. The number of carboxylic acids is 1. The van der Waals surface area contributed by atoms with E-state index in [4.69, 9.17) is 11.6 Å². The number of rotatable bonds is 4. The fraction of sp³-hybridized carbons (Fsp3) is 0.185. The van der Waals surface area contributed by atoms with Crippen molar-refractivity contribution in [3.63, 3.8) is 0 Å². The molecule has 0 atom stereocenters. The molecule has 11 heteroatoms. The summed E-state index contributed by atoms with van der Waals surface area (Å²) in [7, 11) is 0. The number of halogens is 4. The summed E-state index contributed by atoms with van der Waals surface area (Å²) < 4.78 is 42.2. The number of alkyl halides is 3. The number of hydrogen-bond donors (Lipinski definition) is 1. The smallest absolute Gasteiger partial charge is 0.417 e. The van der Waals surface area contributed by atoms with Gasteiger partial charge in [-0.1, -0.05) is 29.8 Å². The van der Waals surface area contributed by atoms with Crippen molar-refractivity contribution in [2.24, 2.45) is 0 Å². The van der Waals surface area contributed by atoms with Crippen LogP contribution in [0.15, 0.2) is 60.7 Å². The van der Waals surface area contributed by atoms with Crippen molar-refractivity contribution in [2.45, 2.75) is 19.0 Å². The van der Waals surface area contributed by atoms with E-state index in [1.165, 1.54) is 36.4 Å². The molecule has 1 aliphatic heterocycles. The molecule has 0 spiro atoms. The number of nitrogens with zero attached hydrogens (tertiary/aromatic N) is 3. The first kappa shape index (κ1) is 25.5. The Kier molecular flexibility index (Phi) is 6.44. The van der Waals surface area contributed by atoms with Crippen molar-refractivity contribution in [1.29, 1.82) is 0 Å². The van der Waals surface area contributed by atoms with E-state index in [1.807, 2.05) is 0 Å². The first-order chi connectivity index (χ1) is 18.1. The standard InChI is InChI=1S/C27H19ClF3N3O4/c28-20-5-3-4-19(27(29,30)31)22(20)25(36)34-21-14-17(24(35)33-12-1-2-13-33)10-11-18(21)23(32-34)15-6-8-16(9-7-15)26(37)38/h3-11,14H,1-2,12-13H2,(H,37,38). The molecule has 1 fully saturated rings. The van der Waals surface area contributed by atoms with Crippen molar-refractivity contribution >= 4 is 40.3 Å². The normalized spacial score (nSPS) is 13.7. The van der Waals surface area contributed by atoms with Gasteiger partial charge in [0.2, 0.25) is 0 Å². The average Bonchev–Trinajstić information content (AvgIpc) is 3.55. The largest absolute Gasteiger partial charge is 0.478 e. The van der Waals surface area contributed by atoms with Crippen LogP contribution in [0, 0.1) is 0 Å². The van der Waals surface area contributed by atoms with Crippen molar-refractivity contribution < 1.29 is 32.7 Å². The fourth-order valence-corrected chi connectivity index (χ4v) is 4.83. The molecule has 1 N–H and O–H groups in total. The van der Waals surface area contributed by atoms with Gasteiger partial charge in [0.25, 0.3) is 11.8 Å². The highest BCUT2D eigenvalue weighted by molar-refractivity contribution is 6.34. The number of carbonyl (C=O) groups excluding carboxylic acids is 2. The predicted molar refractivity (Wildman–Crippen MR) is 133 cm³/mol. The summed E-state index contributed by atoms with van der Waals surface area (Å²) in [5, 5.41) is 13.5. The monoisotopic (exact) mass is 541 g/mol. The van der Waals surface area contributed by atoms with Gasteiger partial charge in [-0.05, 0) is 55.3 Å². The Morgan fingerprint density at radius 3 is 2.18 bits per heavy atom. The number of fused-ring (bicyclic) bond motifs is 1. The lowest BCUT2D eigenvalue weighted by Gasteiger charge is -2.15. The van der Waals surface area contributed by atoms with Crippen LogP contribution in [0.5, 0.6) is 0 Å². The molecule has 0 radical (unpaired) electrons. The SMILES string of the molecule is O=C(O)c1ccc(-c2nn(C(=O)c3c(Cl)cccc3C(F)(F)F)c3cc(C(=O)N4CCCC4)ccc23)cc1. The van der Waals surface area contributed by atoms with Gasteiger partial charge in [-0.3, -0.25) is 9.59 Å². The predicted octanol–water partition coefficient (Wildman–Crippen LogP) is 6.00. The summed E-state index contributed by atoms with van der Waals surface area (Å²) in [5.41, 5.74) is -0.920. The van der Waals surface area contributed by atoms with Crippen LogP contribution >= 0.6 is 11.6 Å². The molecule has 1 amide bonds. The van der Waals surface area contributed by atoms with E-state index in [0.29, 0.717) is 24.0 Å². The van der Waals surface area contributed by atoms with Gasteiger partial charge < -0.3 is 10.0 Å². The molecule has 0 aliphatic carbocycles. The molecular weight excluding hydrogens is 523 g/mol. The van der Waals surface area contributed by atoms with E-state index >= 15 is 0 Å². The molecule has 1 aromatic heterocycles. The molecule has 4 aromatic rings. The second kappa shape index (κ2) is 9.60. The van der Waals surface area contributed by atoms with Gasteiger partial charge in [0, 0.05) is 29.6 Å². The van der Waals surface area contributed by atoms with Gasteiger partial charge in [-0.15, -0.1) is 0 Å². The van der Waals surface area contributed by atoms with Gasteiger partial charge in [-0.2, -0.15) is 23.0 Å². The zero-order valence-electron chi connectivity index (χ0n) is 19.6. The maximum absolute atomic E-state index is 13.8. The second-order valence-corrected chi connectivity index (χ2v) is 9.25. The molecule has 3 aromatic carbocycles. The third kappa shape index (κ3) is 4.51. The molecule has 7 nitrogen and oxygen atoms in total. The highest BCUT2D eigenvalue weighted by Gasteiger charge is 2.37. The van der Waals surface area contributed by atoms with Crippen LogP contribution in [0.2, 0.25) is 5.02 Å². The Balaban J connectivity index is 1.71. The molecule has 0 unspecified atom stereocenters. The summed E-state index contributed by atoms with van der Waals surface area (Å²) in [4.78, 5) is 39.6. The van der Waals surface area contributed by atoms with Crippen molar-refractivity contribution in [1.82, 2.24) is 14.7 Å². The first-order valence-corrected chi connectivity index (χ1v) is 12.0. The van der Waals surface area contributed by atoms with Gasteiger partial charge in [0.05, 0.1) is 27.2 Å². The third-order valence-corrected chi connectivity index (χ3v) is 6.77. The van der Waals surface area contributed by atoms with Crippen LogP contribution in [0.4, 0.5) is 13.2 Å². The molecule has 0 bridgehead atoms. The minimum absolute atomic E-state index is 0.0259. The zero-order chi connectivity index (χ0) is 27.2. The fourth-order valence-electron chi connectivity index (χ4n) is 4.57. The third-order valence-electron chi connectivity index (χ3n) is 6.45. The highest BCUT2D eigenvalue weighted by Crippen LogP contribution is 2.37. The number of carbonyl (C=O) groups is 3. The number of likely N-dealkylation sites (tertiary alicyclic amines) is 1. The molecular formula is C27H19ClF3N3O4. The van der Waals surface area contributed by atoms with Crippen molar-refractivity contribution in [3.8, 4) is 11.3 Å². The lowest BCUT2D eigenvalue weighted by Crippen LogP contribution is -2.27. The molecule has 5 rings (SSSR count). The van der Waals surface area contributed by atoms with Crippen LogP contribution in [-0.2, 0) is 6.18 Å². The second-order valence-electron chi connectivity index (χ2n) is 8.84. The van der Waals surface area contributed by atoms with Crippen LogP contribution in [0.25, 0.3) is 22.2 Å². The van der Waals surface area contributed by atoms with E-state index in [1.54, 1.807) is 17.0 Å². The van der Waals surface area contributed by atoms with E-state index in [0.717, 1.165) is 29.7 Å². The number of hydrogen-bond acceptors (Lipinski definition) is 4. The summed E-state index contributed by atoms with van der Waals surface area (Å²) in [6, 6.07) is 13.3. The van der Waals surface area contributed by atoms with Gasteiger partial charge >= 0.3 is 12.1 Å².